The summed E-state index contributed by atoms with van der Waals surface area (Å²) in [5.41, 5.74) is 2.76. The van der Waals surface area contributed by atoms with Crippen LogP contribution in [0.5, 0.6) is 0 Å². The summed E-state index contributed by atoms with van der Waals surface area (Å²) in [6.45, 7) is 3.35. The molecule has 39 heavy (non-hydrogen) atoms. The first-order chi connectivity index (χ1) is 19.1. The number of aromatic amines is 1. The van der Waals surface area contributed by atoms with E-state index in [2.05, 4.69) is 4.98 Å². The van der Waals surface area contributed by atoms with Crippen LogP contribution in [0.15, 0.2) is 107 Å². The van der Waals surface area contributed by atoms with Crippen LogP contribution in [0.1, 0.15) is 27.6 Å². The second-order valence-corrected chi connectivity index (χ2v) is 10.9. The molecule has 3 aromatic carbocycles. The Morgan fingerprint density at radius 1 is 0.744 bits per heavy atom. The molecule has 4 aromatic rings. The minimum Gasteiger partial charge on any atom is -0.376 e. The van der Waals surface area contributed by atoms with Crippen LogP contribution in [-0.4, -0.2) is 33.6 Å². The van der Waals surface area contributed by atoms with Crippen LogP contribution in [0.4, 0.5) is 0 Å². The number of hydrogen-bond donors (Lipinski definition) is 1. The Balaban J connectivity index is 1.43. The largest absolute Gasteiger partial charge is 0.376 e. The fourth-order valence-corrected chi connectivity index (χ4v) is 6.22. The minimum atomic E-state index is -0.468. The summed E-state index contributed by atoms with van der Waals surface area (Å²) >= 11 is 1.58. The highest BCUT2D eigenvalue weighted by Gasteiger charge is 2.47. The normalized spacial score (nSPS) is 20.7. The van der Waals surface area contributed by atoms with Gasteiger partial charge < -0.3 is 14.2 Å². The lowest BCUT2D eigenvalue weighted by Gasteiger charge is -2.27. The second kappa shape index (κ2) is 13.1. The number of nitrogens with zero attached hydrogens (tertiary/aromatic N) is 1. The van der Waals surface area contributed by atoms with Crippen LogP contribution in [0.3, 0.4) is 0 Å². The van der Waals surface area contributed by atoms with Gasteiger partial charge in [0.15, 0.2) is 0 Å². The number of benzene rings is 3. The number of ether oxygens (including phenoxy) is 3. The summed E-state index contributed by atoms with van der Waals surface area (Å²) in [5, 5.41) is -0.523. The average molecular weight is 545 g/mol. The van der Waals surface area contributed by atoms with Gasteiger partial charge in [-0.2, -0.15) is 0 Å². The standard InChI is InChI=1S/C31H32N2O5S/c1-22-17-33(31(35)32-29(22)34)30-28(38-20-25-15-9-4-10-16-25)27(37-19-24-13-7-3-8-14-24)26(39-30)21-36-18-23-11-5-2-6-12-23/h2-17,26-28,30H,18-21H2,1H3,(H,32,34,35)/t26-,27+,28-,30+/m0/s1. The van der Waals surface area contributed by atoms with Gasteiger partial charge in [-0.1, -0.05) is 91.0 Å². The summed E-state index contributed by atoms with van der Waals surface area (Å²) in [6.07, 6.45) is 0.783. The van der Waals surface area contributed by atoms with Crippen molar-refractivity contribution in [2.24, 2.45) is 0 Å². The summed E-state index contributed by atoms with van der Waals surface area (Å²) in [4.78, 5) is 27.5. The maximum atomic E-state index is 13.0. The van der Waals surface area contributed by atoms with Crippen molar-refractivity contribution in [3.8, 4) is 0 Å². The molecule has 0 amide bonds. The lowest BCUT2D eigenvalue weighted by atomic mass is 10.1. The average Bonchev–Trinajstić information content (AvgIpc) is 3.31. The monoisotopic (exact) mass is 544 g/mol. The highest BCUT2D eigenvalue weighted by molar-refractivity contribution is 8.00. The molecule has 0 spiro atoms. The fourth-order valence-electron chi connectivity index (χ4n) is 4.62. The molecule has 1 aliphatic heterocycles. The molecule has 2 heterocycles. The van der Waals surface area contributed by atoms with E-state index in [0.29, 0.717) is 32.0 Å². The molecular formula is C31H32N2O5S. The Labute approximate surface area is 231 Å². The molecule has 1 saturated heterocycles. The van der Waals surface area contributed by atoms with E-state index in [0.717, 1.165) is 16.7 Å². The third-order valence-electron chi connectivity index (χ3n) is 6.67. The van der Waals surface area contributed by atoms with Gasteiger partial charge in [0.1, 0.15) is 17.6 Å². The van der Waals surface area contributed by atoms with Gasteiger partial charge >= 0.3 is 5.69 Å². The Hall–Kier alpha value is -3.43. The maximum Gasteiger partial charge on any atom is 0.329 e. The summed E-state index contributed by atoms with van der Waals surface area (Å²) in [6, 6.07) is 29.9. The van der Waals surface area contributed by atoms with Crippen molar-refractivity contribution in [2.75, 3.05) is 6.61 Å². The van der Waals surface area contributed by atoms with Gasteiger partial charge in [0.2, 0.25) is 0 Å². The van der Waals surface area contributed by atoms with Gasteiger partial charge in [-0.3, -0.25) is 14.3 Å². The van der Waals surface area contributed by atoms with E-state index in [4.69, 9.17) is 14.2 Å². The number of H-pyrrole nitrogens is 1. The number of hydrogen-bond acceptors (Lipinski definition) is 6. The van der Waals surface area contributed by atoms with Crippen molar-refractivity contribution in [1.82, 2.24) is 9.55 Å². The summed E-state index contributed by atoms with van der Waals surface area (Å²) < 4.78 is 20.8. The molecule has 1 aromatic heterocycles. The number of nitrogens with one attached hydrogen (secondary N) is 1. The first kappa shape index (κ1) is 27.1. The quantitative estimate of drug-likeness (QED) is 0.291. The van der Waals surface area contributed by atoms with E-state index in [1.807, 2.05) is 91.0 Å². The zero-order valence-electron chi connectivity index (χ0n) is 21.8. The number of aryl methyl sites for hydroxylation is 1. The highest BCUT2D eigenvalue weighted by Crippen LogP contribution is 2.45. The van der Waals surface area contributed by atoms with Crippen molar-refractivity contribution in [3.63, 3.8) is 0 Å². The first-order valence-electron chi connectivity index (χ1n) is 13.0. The van der Waals surface area contributed by atoms with Gasteiger partial charge in [-0.15, -0.1) is 11.8 Å². The SMILES string of the molecule is Cc1cn([C@@H]2S[C@@H](COCc3ccccc3)[C@@H](OCc3ccccc3)[C@@H]2OCc2ccccc2)c(=O)[nH]c1=O. The summed E-state index contributed by atoms with van der Waals surface area (Å²) in [7, 11) is 0. The predicted octanol–water partition coefficient (Wildman–Crippen LogP) is 4.85. The van der Waals surface area contributed by atoms with Gasteiger partial charge in [-0.05, 0) is 23.6 Å². The smallest absolute Gasteiger partial charge is 0.329 e. The zero-order chi connectivity index (χ0) is 27.0. The van der Waals surface area contributed by atoms with Crippen molar-refractivity contribution < 1.29 is 14.2 Å². The number of aromatic nitrogens is 2. The van der Waals surface area contributed by atoms with Crippen molar-refractivity contribution >= 4 is 11.8 Å². The lowest BCUT2D eigenvalue weighted by molar-refractivity contribution is -0.0920. The predicted molar refractivity (Wildman–Crippen MR) is 153 cm³/mol. The molecular weight excluding hydrogens is 512 g/mol. The van der Waals surface area contributed by atoms with E-state index >= 15 is 0 Å². The van der Waals surface area contributed by atoms with E-state index < -0.39 is 17.2 Å². The van der Waals surface area contributed by atoms with E-state index in [9.17, 15) is 9.59 Å². The minimum absolute atomic E-state index is 0.109. The van der Waals surface area contributed by atoms with Gasteiger partial charge in [0.25, 0.3) is 5.56 Å². The van der Waals surface area contributed by atoms with E-state index in [-0.39, 0.29) is 16.9 Å². The molecule has 0 aliphatic carbocycles. The molecule has 1 aliphatic rings. The zero-order valence-corrected chi connectivity index (χ0v) is 22.6. The maximum absolute atomic E-state index is 13.0. The number of rotatable bonds is 11. The fraction of sp³-hybridized carbons (Fsp3) is 0.290. The third-order valence-corrected chi connectivity index (χ3v) is 8.20. The molecule has 0 saturated carbocycles. The molecule has 7 nitrogen and oxygen atoms in total. The van der Waals surface area contributed by atoms with Crippen LogP contribution in [0.25, 0.3) is 0 Å². The molecule has 202 valence electrons. The van der Waals surface area contributed by atoms with Crippen LogP contribution < -0.4 is 11.2 Å². The van der Waals surface area contributed by atoms with Crippen LogP contribution in [0, 0.1) is 6.92 Å². The third kappa shape index (κ3) is 6.96. The molecule has 0 radical (unpaired) electrons. The number of thioether (sulfide) groups is 1. The van der Waals surface area contributed by atoms with Crippen LogP contribution in [0.2, 0.25) is 0 Å². The van der Waals surface area contributed by atoms with Crippen molar-refractivity contribution in [2.45, 2.75) is 49.6 Å². The van der Waals surface area contributed by atoms with Crippen molar-refractivity contribution in [3.05, 3.63) is 140 Å². The topological polar surface area (TPSA) is 82.6 Å². The lowest BCUT2D eigenvalue weighted by Crippen LogP contribution is -2.41. The molecule has 5 rings (SSSR count). The Bertz CT molecular complexity index is 1440. The Morgan fingerprint density at radius 3 is 1.82 bits per heavy atom. The van der Waals surface area contributed by atoms with Gasteiger partial charge in [0, 0.05) is 11.8 Å². The van der Waals surface area contributed by atoms with Gasteiger partial charge in [-0.25, -0.2) is 4.79 Å². The molecule has 0 unspecified atom stereocenters. The van der Waals surface area contributed by atoms with Crippen molar-refractivity contribution in [1.29, 1.82) is 0 Å². The van der Waals surface area contributed by atoms with Crippen LogP contribution >= 0.6 is 11.8 Å². The molecule has 4 atom stereocenters. The van der Waals surface area contributed by atoms with Crippen LogP contribution in [-0.2, 0) is 34.0 Å². The second-order valence-electron chi connectivity index (χ2n) is 9.57. The Kier molecular flexibility index (Phi) is 9.11. The highest BCUT2D eigenvalue weighted by atomic mass is 32.2. The van der Waals surface area contributed by atoms with E-state index in [1.165, 1.54) is 0 Å². The molecule has 0 bridgehead atoms. The summed E-state index contributed by atoms with van der Waals surface area (Å²) in [5.74, 6) is 0. The molecule has 8 heteroatoms. The van der Waals surface area contributed by atoms with E-state index in [1.54, 1.807) is 29.4 Å². The Morgan fingerprint density at radius 2 is 1.26 bits per heavy atom. The molecule has 1 N–H and O–H groups in total. The van der Waals surface area contributed by atoms with Gasteiger partial charge in [0.05, 0.1) is 31.7 Å². The molecule has 1 fully saturated rings. The first-order valence-corrected chi connectivity index (χ1v) is 13.9.